The number of thiazole rings is 1. The molecule has 1 amide bonds. The van der Waals surface area contributed by atoms with Crippen molar-refractivity contribution >= 4 is 49.8 Å². The summed E-state index contributed by atoms with van der Waals surface area (Å²) in [7, 11) is 1.53. The van der Waals surface area contributed by atoms with Gasteiger partial charge in [0.25, 0.3) is 5.78 Å². The number of anilines is 1. The van der Waals surface area contributed by atoms with Crippen LogP contribution in [0.5, 0.6) is 11.5 Å². The topological polar surface area (TPSA) is 106 Å². The molecule has 45 heavy (non-hydrogen) atoms. The minimum absolute atomic E-state index is 0.0656. The van der Waals surface area contributed by atoms with Crippen molar-refractivity contribution in [2.45, 2.75) is 26.5 Å². The van der Waals surface area contributed by atoms with Gasteiger partial charge in [-0.1, -0.05) is 59.9 Å². The molecule has 1 aliphatic heterocycles. The molecule has 1 saturated heterocycles. The lowest BCUT2D eigenvalue weighted by Gasteiger charge is -2.24. The fourth-order valence-corrected chi connectivity index (χ4v) is 6.79. The Morgan fingerprint density at radius 1 is 0.933 bits per heavy atom. The summed E-state index contributed by atoms with van der Waals surface area (Å²) in [6.45, 7) is 4.07. The largest absolute Gasteiger partial charge is 0.505 e. The fraction of sp³-hybridized carbons (Fsp3) is 0.143. The van der Waals surface area contributed by atoms with Crippen molar-refractivity contribution in [2.24, 2.45) is 0 Å². The van der Waals surface area contributed by atoms with Crippen molar-refractivity contribution < 1.29 is 24.2 Å². The summed E-state index contributed by atoms with van der Waals surface area (Å²) < 4.78 is 14.4. The molecule has 0 radical (unpaired) electrons. The van der Waals surface area contributed by atoms with Gasteiger partial charge in [-0.05, 0) is 66.9 Å². The predicted molar refractivity (Wildman–Crippen MR) is 173 cm³/mol. The van der Waals surface area contributed by atoms with Gasteiger partial charge in [0, 0.05) is 6.20 Å². The first-order valence-electron chi connectivity index (χ1n) is 14.3. The predicted octanol–water partition coefficient (Wildman–Crippen LogP) is 6.77. The zero-order valence-corrected chi connectivity index (χ0v) is 25.5. The molecule has 7 rings (SSSR count). The molecule has 9 nitrogen and oxygen atoms in total. The molecule has 224 valence electrons. The van der Waals surface area contributed by atoms with Crippen LogP contribution in [-0.2, 0) is 16.2 Å². The van der Waals surface area contributed by atoms with Gasteiger partial charge in [0.05, 0.1) is 34.6 Å². The number of carbonyl (C=O) groups is 2. The zero-order valence-electron chi connectivity index (χ0n) is 24.7. The minimum atomic E-state index is -1.00. The number of imidazole rings is 1. The highest BCUT2D eigenvalue weighted by molar-refractivity contribution is 7.22. The van der Waals surface area contributed by atoms with Gasteiger partial charge in [-0.15, -0.1) is 0 Å². The summed E-state index contributed by atoms with van der Waals surface area (Å²) >= 11 is 1.31. The third kappa shape index (κ3) is 4.89. The van der Waals surface area contributed by atoms with Gasteiger partial charge in [0.2, 0.25) is 0 Å². The Hall–Kier alpha value is -5.48. The molecule has 1 atom stereocenters. The first kappa shape index (κ1) is 28.3. The van der Waals surface area contributed by atoms with Crippen LogP contribution in [0, 0.1) is 13.8 Å². The summed E-state index contributed by atoms with van der Waals surface area (Å²) in [4.78, 5) is 38.4. The molecule has 4 heterocycles. The van der Waals surface area contributed by atoms with Crippen LogP contribution in [0.4, 0.5) is 5.13 Å². The van der Waals surface area contributed by atoms with Crippen LogP contribution in [0.15, 0.2) is 96.7 Å². The monoisotopic (exact) mass is 616 g/mol. The van der Waals surface area contributed by atoms with E-state index in [-0.39, 0.29) is 11.3 Å². The smallest absolute Gasteiger partial charge is 0.301 e. The first-order valence-corrected chi connectivity index (χ1v) is 15.1. The van der Waals surface area contributed by atoms with Gasteiger partial charge in [-0.2, -0.15) is 0 Å². The van der Waals surface area contributed by atoms with E-state index in [0.717, 1.165) is 15.8 Å². The number of aliphatic hydroxyl groups is 1. The number of rotatable bonds is 7. The van der Waals surface area contributed by atoms with E-state index in [1.807, 2.05) is 73.7 Å². The number of ether oxygens (including phenoxy) is 2. The van der Waals surface area contributed by atoms with Gasteiger partial charge in [-0.3, -0.25) is 18.9 Å². The molecule has 10 heteroatoms. The number of ketones is 1. The van der Waals surface area contributed by atoms with E-state index in [1.165, 1.54) is 23.3 Å². The Morgan fingerprint density at radius 3 is 2.53 bits per heavy atom. The molecule has 6 aromatic rings. The van der Waals surface area contributed by atoms with Crippen molar-refractivity contribution in [3.05, 3.63) is 125 Å². The van der Waals surface area contributed by atoms with Gasteiger partial charge in [0.1, 0.15) is 17.9 Å². The second kappa shape index (κ2) is 11.2. The number of aliphatic hydroxyl groups excluding tert-OH is 1. The van der Waals surface area contributed by atoms with E-state index in [1.54, 1.807) is 35.7 Å². The SMILES string of the molecule is COc1cc(C2/C(=C(\O)c3c(C)nc4ccccn34)C(=O)C(=O)N2c2nc3ccc(C)cc3s2)ccc1OCc1ccccc1. The highest BCUT2D eigenvalue weighted by Crippen LogP contribution is 2.46. The standard InChI is InChI=1S/C35H28N4O5S/c1-20-12-14-24-27(17-20)45-35(37-24)39-31(23-13-15-25(26(18-23)43-3)44-19-22-9-5-4-6-10-22)29(33(41)34(39)42)32(40)30-21(2)36-28-11-7-8-16-38(28)30/h4-18,31,40H,19H2,1-3H3/b32-29+. The summed E-state index contributed by atoms with van der Waals surface area (Å²) in [5, 5.41) is 12.2. The number of pyridine rings is 1. The highest BCUT2D eigenvalue weighted by atomic mass is 32.1. The first-order chi connectivity index (χ1) is 21.8. The van der Waals surface area contributed by atoms with Crippen LogP contribution in [-0.4, -0.2) is 38.3 Å². The van der Waals surface area contributed by atoms with Crippen LogP contribution in [0.3, 0.4) is 0 Å². The maximum atomic E-state index is 13.9. The lowest BCUT2D eigenvalue weighted by Crippen LogP contribution is -2.29. The van der Waals surface area contributed by atoms with Crippen LogP contribution >= 0.6 is 11.3 Å². The Balaban J connectivity index is 1.40. The lowest BCUT2D eigenvalue weighted by molar-refractivity contribution is -0.132. The molecule has 0 bridgehead atoms. The molecule has 3 aromatic carbocycles. The van der Waals surface area contributed by atoms with Gasteiger partial charge < -0.3 is 14.6 Å². The number of hydrogen-bond acceptors (Lipinski definition) is 8. The van der Waals surface area contributed by atoms with Crippen molar-refractivity contribution in [1.29, 1.82) is 0 Å². The third-order valence-electron chi connectivity index (χ3n) is 7.85. The molecular weight excluding hydrogens is 588 g/mol. The molecule has 1 fully saturated rings. The number of methoxy groups -OCH3 is 1. The number of Topliss-reactive ketones (excluding diaryl/α,β-unsaturated/α-hetero) is 1. The summed E-state index contributed by atoms with van der Waals surface area (Å²) in [5.41, 5.74) is 4.68. The molecule has 1 unspecified atom stereocenters. The number of nitrogens with zero attached hydrogens (tertiary/aromatic N) is 4. The van der Waals surface area contributed by atoms with Gasteiger partial charge in [-0.25, -0.2) is 9.97 Å². The fourth-order valence-electron chi connectivity index (χ4n) is 5.70. The van der Waals surface area contributed by atoms with Crippen molar-refractivity contribution in [3.63, 3.8) is 0 Å². The lowest BCUT2D eigenvalue weighted by atomic mass is 9.96. The maximum absolute atomic E-state index is 13.9. The number of aryl methyl sites for hydroxylation is 2. The number of carbonyl (C=O) groups excluding carboxylic acids is 2. The van der Waals surface area contributed by atoms with Crippen LogP contribution in [0.2, 0.25) is 0 Å². The maximum Gasteiger partial charge on any atom is 0.301 e. The summed E-state index contributed by atoms with van der Waals surface area (Å²) in [6.07, 6.45) is 1.76. The number of fused-ring (bicyclic) bond motifs is 2. The van der Waals surface area contributed by atoms with Gasteiger partial charge in [0.15, 0.2) is 22.4 Å². The Kier molecular flexibility index (Phi) is 7.06. The highest BCUT2D eigenvalue weighted by Gasteiger charge is 2.49. The Morgan fingerprint density at radius 2 is 1.73 bits per heavy atom. The number of benzene rings is 3. The van der Waals surface area contributed by atoms with E-state index in [9.17, 15) is 14.7 Å². The summed E-state index contributed by atoms with van der Waals surface area (Å²) in [5.74, 6) is -1.01. The molecule has 0 aliphatic carbocycles. The van der Waals surface area contributed by atoms with Crippen LogP contribution in [0.1, 0.15) is 34.1 Å². The van der Waals surface area contributed by atoms with E-state index in [2.05, 4.69) is 4.98 Å². The molecule has 1 N–H and O–H groups in total. The van der Waals surface area contributed by atoms with E-state index in [0.29, 0.717) is 51.4 Å². The molecule has 1 aliphatic rings. The zero-order chi connectivity index (χ0) is 31.2. The van der Waals surface area contributed by atoms with Crippen molar-refractivity contribution in [3.8, 4) is 11.5 Å². The third-order valence-corrected chi connectivity index (χ3v) is 8.87. The quantitative estimate of drug-likeness (QED) is 0.120. The average Bonchev–Trinajstić information content (AvgIpc) is 3.70. The average molecular weight is 617 g/mol. The second-order valence-electron chi connectivity index (χ2n) is 10.8. The molecular formula is C35H28N4O5S. The van der Waals surface area contributed by atoms with Gasteiger partial charge >= 0.3 is 5.91 Å². The Bertz CT molecular complexity index is 2150. The minimum Gasteiger partial charge on any atom is -0.505 e. The number of hydrogen-bond donors (Lipinski definition) is 1. The van der Waals surface area contributed by atoms with Crippen molar-refractivity contribution in [1.82, 2.24) is 14.4 Å². The van der Waals surface area contributed by atoms with Crippen LogP contribution < -0.4 is 14.4 Å². The molecule has 3 aromatic heterocycles. The Labute approximate surface area is 262 Å². The van der Waals surface area contributed by atoms with E-state index >= 15 is 0 Å². The van der Waals surface area contributed by atoms with E-state index in [4.69, 9.17) is 14.5 Å². The summed E-state index contributed by atoms with van der Waals surface area (Å²) in [6, 6.07) is 25.3. The van der Waals surface area contributed by atoms with Crippen LogP contribution in [0.25, 0.3) is 21.6 Å². The number of aromatic nitrogens is 3. The van der Waals surface area contributed by atoms with E-state index < -0.39 is 17.7 Å². The van der Waals surface area contributed by atoms with Crippen molar-refractivity contribution in [2.75, 3.05) is 12.0 Å². The normalized spacial score (nSPS) is 16.2. The number of amides is 1. The second-order valence-corrected chi connectivity index (χ2v) is 11.8. The molecule has 0 saturated carbocycles. The molecule has 0 spiro atoms.